The van der Waals surface area contributed by atoms with Gasteiger partial charge in [0, 0.05) is 6.54 Å². The van der Waals surface area contributed by atoms with E-state index >= 15 is 0 Å². The van der Waals surface area contributed by atoms with E-state index in [-0.39, 0.29) is 5.91 Å². The van der Waals surface area contributed by atoms with Crippen LogP contribution in [0.1, 0.15) is 30.4 Å². The normalized spacial score (nSPS) is 11.6. The Balaban J connectivity index is 1.81. The second kappa shape index (κ2) is 8.96. The van der Waals surface area contributed by atoms with Gasteiger partial charge in [-0.1, -0.05) is 43.3 Å². The Kier molecular flexibility index (Phi) is 6.67. The monoisotopic (exact) mass is 327 g/mol. The molecule has 0 radical (unpaired) electrons. The number of nitrogens with one attached hydrogen (secondary N) is 1. The van der Waals surface area contributed by atoms with Gasteiger partial charge in [0.15, 0.2) is 11.5 Å². The Morgan fingerprint density at radius 3 is 2.42 bits per heavy atom. The Morgan fingerprint density at radius 1 is 1.04 bits per heavy atom. The van der Waals surface area contributed by atoms with E-state index in [4.69, 9.17) is 9.47 Å². The molecule has 24 heavy (non-hydrogen) atoms. The Hall–Kier alpha value is -2.49. The number of rotatable bonds is 8. The summed E-state index contributed by atoms with van der Waals surface area (Å²) in [5.41, 5.74) is 2.20. The lowest BCUT2D eigenvalue weighted by atomic mass is 9.98. The summed E-state index contributed by atoms with van der Waals surface area (Å²) in [6, 6.07) is 15.9. The number of benzene rings is 2. The van der Waals surface area contributed by atoms with E-state index in [2.05, 4.69) is 24.4 Å². The minimum Gasteiger partial charge on any atom is -0.493 e. The second-order valence-electron chi connectivity index (χ2n) is 5.82. The van der Waals surface area contributed by atoms with Gasteiger partial charge < -0.3 is 14.8 Å². The Bertz CT molecular complexity index is 655. The van der Waals surface area contributed by atoms with Crippen molar-refractivity contribution in [2.24, 2.45) is 0 Å². The molecule has 0 aliphatic heterocycles. The van der Waals surface area contributed by atoms with E-state index < -0.39 is 0 Å². The molecule has 0 aliphatic rings. The number of methoxy groups -OCH3 is 2. The summed E-state index contributed by atoms with van der Waals surface area (Å²) in [6.07, 6.45) is 1.25. The lowest BCUT2D eigenvalue weighted by molar-refractivity contribution is -0.120. The summed E-state index contributed by atoms with van der Waals surface area (Å²) in [4.78, 5) is 12.1. The van der Waals surface area contributed by atoms with Crippen LogP contribution in [0.4, 0.5) is 0 Å². The number of amides is 1. The van der Waals surface area contributed by atoms with E-state index in [0.29, 0.717) is 30.4 Å². The van der Waals surface area contributed by atoms with Crippen molar-refractivity contribution in [3.63, 3.8) is 0 Å². The number of carbonyl (C=O) groups excluding carboxylic acids is 1. The van der Waals surface area contributed by atoms with Crippen LogP contribution in [0.25, 0.3) is 0 Å². The molecule has 0 aliphatic carbocycles. The van der Waals surface area contributed by atoms with Crippen LogP contribution in [0.2, 0.25) is 0 Å². The first-order valence-electron chi connectivity index (χ1n) is 8.16. The maximum atomic E-state index is 12.1. The first kappa shape index (κ1) is 17.9. The zero-order valence-corrected chi connectivity index (χ0v) is 14.5. The third-order valence-electron chi connectivity index (χ3n) is 4.08. The Morgan fingerprint density at radius 2 is 1.75 bits per heavy atom. The first-order valence-corrected chi connectivity index (χ1v) is 8.16. The van der Waals surface area contributed by atoms with Gasteiger partial charge in [-0.2, -0.15) is 0 Å². The Labute approximate surface area is 143 Å². The first-order chi connectivity index (χ1) is 11.6. The van der Waals surface area contributed by atoms with Gasteiger partial charge in [-0.3, -0.25) is 4.79 Å². The minimum atomic E-state index is 0.0162. The molecule has 4 nitrogen and oxygen atoms in total. The summed E-state index contributed by atoms with van der Waals surface area (Å²) >= 11 is 0. The van der Waals surface area contributed by atoms with Crippen molar-refractivity contribution in [3.05, 3.63) is 59.7 Å². The number of hydrogen-bond donors (Lipinski definition) is 1. The molecule has 1 N–H and O–H groups in total. The highest BCUT2D eigenvalue weighted by molar-refractivity contribution is 5.78. The zero-order valence-electron chi connectivity index (χ0n) is 14.5. The van der Waals surface area contributed by atoms with Crippen molar-refractivity contribution >= 4 is 5.91 Å². The van der Waals surface area contributed by atoms with Gasteiger partial charge in [0.05, 0.1) is 20.6 Å². The molecule has 128 valence electrons. The molecule has 0 saturated carbocycles. The van der Waals surface area contributed by atoms with E-state index in [1.165, 1.54) is 5.56 Å². The lowest BCUT2D eigenvalue weighted by Gasteiger charge is -2.13. The zero-order chi connectivity index (χ0) is 17.4. The van der Waals surface area contributed by atoms with Crippen LogP contribution in [-0.4, -0.2) is 26.7 Å². The third kappa shape index (κ3) is 5.01. The molecular formula is C20H25NO3. The van der Waals surface area contributed by atoms with Crippen LogP contribution in [0.15, 0.2) is 48.5 Å². The van der Waals surface area contributed by atoms with Gasteiger partial charge in [0.25, 0.3) is 0 Å². The predicted molar refractivity (Wildman–Crippen MR) is 95.7 cm³/mol. The molecule has 0 aromatic heterocycles. The molecule has 2 rings (SSSR count). The molecule has 0 fully saturated rings. The van der Waals surface area contributed by atoms with Crippen molar-refractivity contribution in [2.45, 2.75) is 25.7 Å². The fraction of sp³-hybridized carbons (Fsp3) is 0.350. The molecule has 2 aromatic rings. The molecule has 1 atom stereocenters. The highest BCUT2D eigenvalue weighted by atomic mass is 16.5. The average Bonchev–Trinajstić information content (AvgIpc) is 2.62. The van der Waals surface area contributed by atoms with Crippen molar-refractivity contribution in [3.8, 4) is 11.5 Å². The standard InChI is InChI=1S/C20H25NO3/c1-15(17-7-5-4-6-8-17)11-12-21-20(22)14-16-9-10-18(23-2)19(13-16)24-3/h4-10,13,15H,11-12,14H2,1-3H3,(H,21,22). The maximum Gasteiger partial charge on any atom is 0.224 e. The van der Waals surface area contributed by atoms with Crippen molar-refractivity contribution in [1.82, 2.24) is 5.32 Å². The fourth-order valence-electron chi connectivity index (χ4n) is 2.61. The summed E-state index contributed by atoms with van der Waals surface area (Å²) in [5.74, 6) is 1.74. The van der Waals surface area contributed by atoms with E-state index in [1.54, 1.807) is 14.2 Å². The van der Waals surface area contributed by atoms with Gasteiger partial charge in [-0.25, -0.2) is 0 Å². The molecule has 0 bridgehead atoms. The molecule has 1 amide bonds. The van der Waals surface area contributed by atoms with E-state index in [9.17, 15) is 4.79 Å². The van der Waals surface area contributed by atoms with E-state index in [0.717, 1.165) is 12.0 Å². The summed E-state index contributed by atoms with van der Waals surface area (Å²) < 4.78 is 10.5. The van der Waals surface area contributed by atoms with Crippen LogP contribution in [0.3, 0.4) is 0 Å². The van der Waals surface area contributed by atoms with Crippen LogP contribution in [0.5, 0.6) is 11.5 Å². The van der Waals surface area contributed by atoms with Crippen molar-refractivity contribution in [2.75, 3.05) is 20.8 Å². The quantitative estimate of drug-likeness (QED) is 0.806. The number of ether oxygens (including phenoxy) is 2. The predicted octanol–water partition coefficient (Wildman–Crippen LogP) is 3.56. The van der Waals surface area contributed by atoms with Gasteiger partial charge >= 0.3 is 0 Å². The number of carbonyl (C=O) groups is 1. The molecule has 0 saturated heterocycles. The molecule has 0 heterocycles. The molecule has 4 heteroatoms. The van der Waals surface area contributed by atoms with Crippen molar-refractivity contribution in [1.29, 1.82) is 0 Å². The van der Waals surface area contributed by atoms with Crippen LogP contribution in [-0.2, 0) is 11.2 Å². The van der Waals surface area contributed by atoms with Gasteiger partial charge in [0.1, 0.15) is 0 Å². The fourth-order valence-corrected chi connectivity index (χ4v) is 2.61. The highest BCUT2D eigenvalue weighted by Gasteiger charge is 2.09. The van der Waals surface area contributed by atoms with Gasteiger partial charge in [-0.15, -0.1) is 0 Å². The summed E-state index contributed by atoms with van der Waals surface area (Å²) in [6.45, 7) is 2.85. The average molecular weight is 327 g/mol. The smallest absolute Gasteiger partial charge is 0.224 e. The largest absolute Gasteiger partial charge is 0.493 e. The topological polar surface area (TPSA) is 47.6 Å². The van der Waals surface area contributed by atoms with Crippen molar-refractivity contribution < 1.29 is 14.3 Å². The van der Waals surface area contributed by atoms with Gasteiger partial charge in [0.2, 0.25) is 5.91 Å². The summed E-state index contributed by atoms with van der Waals surface area (Å²) in [5, 5.41) is 2.99. The molecule has 1 unspecified atom stereocenters. The van der Waals surface area contributed by atoms with Gasteiger partial charge in [-0.05, 0) is 35.6 Å². The molecular weight excluding hydrogens is 302 g/mol. The van der Waals surface area contributed by atoms with Crippen LogP contribution >= 0.6 is 0 Å². The lowest BCUT2D eigenvalue weighted by Crippen LogP contribution is -2.26. The SMILES string of the molecule is COc1ccc(CC(=O)NCCC(C)c2ccccc2)cc1OC. The second-order valence-corrected chi connectivity index (χ2v) is 5.82. The number of hydrogen-bond acceptors (Lipinski definition) is 3. The van der Waals surface area contributed by atoms with Crippen LogP contribution in [0, 0.1) is 0 Å². The van der Waals surface area contributed by atoms with E-state index in [1.807, 2.05) is 36.4 Å². The third-order valence-corrected chi connectivity index (χ3v) is 4.08. The highest BCUT2D eigenvalue weighted by Crippen LogP contribution is 2.27. The summed E-state index contributed by atoms with van der Waals surface area (Å²) in [7, 11) is 3.19. The maximum absolute atomic E-state index is 12.1. The van der Waals surface area contributed by atoms with Crippen LogP contribution < -0.4 is 14.8 Å². The minimum absolute atomic E-state index is 0.0162. The molecule has 2 aromatic carbocycles. The molecule has 0 spiro atoms.